The standard InChI is InChI=1S/C14H16F3NO2/c1-2-20-13(19)12-8-18-7-11(12)9-4-3-5-10(6-9)14(15,16)17/h3-6,11-12,18H,2,7-8H2,1H3. The molecule has 1 fully saturated rings. The van der Waals surface area contributed by atoms with Crippen LogP contribution in [0.15, 0.2) is 24.3 Å². The van der Waals surface area contributed by atoms with Crippen molar-refractivity contribution in [3.8, 4) is 0 Å². The van der Waals surface area contributed by atoms with Crippen molar-refractivity contribution in [2.75, 3.05) is 19.7 Å². The average molecular weight is 287 g/mol. The Morgan fingerprint density at radius 1 is 1.40 bits per heavy atom. The zero-order valence-electron chi connectivity index (χ0n) is 11.0. The third-order valence-electron chi connectivity index (χ3n) is 3.45. The molecule has 2 atom stereocenters. The second kappa shape index (κ2) is 5.83. The molecule has 1 aromatic rings. The van der Waals surface area contributed by atoms with Gasteiger partial charge in [0.1, 0.15) is 0 Å². The van der Waals surface area contributed by atoms with Gasteiger partial charge in [-0.25, -0.2) is 0 Å². The number of hydrogen-bond donors (Lipinski definition) is 1. The highest BCUT2D eigenvalue weighted by atomic mass is 19.4. The van der Waals surface area contributed by atoms with E-state index in [0.717, 1.165) is 12.1 Å². The number of rotatable bonds is 3. The molecule has 2 unspecified atom stereocenters. The zero-order valence-corrected chi connectivity index (χ0v) is 11.0. The van der Waals surface area contributed by atoms with Gasteiger partial charge >= 0.3 is 12.1 Å². The molecule has 2 rings (SSSR count). The first-order valence-electron chi connectivity index (χ1n) is 6.48. The maximum Gasteiger partial charge on any atom is 0.416 e. The molecule has 0 radical (unpaired) electrons. The van der Waals surface area contributed by atoms with Crippen LogP contribution in [0.3, 0.4) is 0 Å². The van der Waals surface area contributed by atoms with Gasteiger partial charge in [-0.15, -0.1) is 0 Å². The van der Waals surface area contributed by atoms with E-state index in [4.69, 9.17) is 4.74 Å². The Morgan fingerprint density at radius 3 is 2.80 bits per heavy atom. The first-order chi connectivity index (χ1) is 9.43. The van der Waals surface area contributed by atoms with Gasteiger partial charge in [0.05, 0.1) is 18.1 Å². The molecular weight excluding hydrogens is 271 g/mol. The number of esters is 1. The third kappa shape index (κ3) is 3.12. The molecule has 0 spiro atoms. The first-order valence-corrected chi connectivity index (χ1v) is 6.48. The van der Waals surface area contributed by atoms with Gasteiger partial charge in [-0.05, 0) is 18.6 Å². The molecule has 0 aromatic heterocycles. The molecule has 0 saturated carbocycles. The quantitative estimate of drug-likeness (QED) is 0.868. The summed E-state index contributed by atoms with van der Waals surface area (Å²) in [4.78, 5) is 11.8. The minimum atomic E-state index is -4.37. The van der Waals surface area contributed by atoms with Crippen LogP contribution in [0.1, 0.15) is 24.0 Å². The van der Waals surface area contributed by atoms with Crippen LogP contribution in [0.2, 0.25) is 0 Å². The van der Waals surface area contributed by atoms with E-state index in [0.29, 0.717) is 18.7 Å². The van der Waals surface area contributed by atoms with E-state index in [9.17, 15) is 18.0 Å². The SMILES string of the molecule is CCOC(=O)C1CNCC1c1cccc(C(F)(F)F)c1. The highest BCUT2D eigenvalue weighted by molar-refractivity contribution is 5.74. The fraction of sp³-hybridized carbons (Fsp3) is 0.500. The van der Waals surface area contributed by atoms with Crippen molar-refractivity contribution in [3.05, 3.63) is 35.4 Å². The molecule has 1 aromatic carbocycles. The topological polar surface area (TPSA) is 38.3 Å². The number of carbonyl (C=O) groups excluding carboxylic acids is 1. The van der Waals surface area contributed by atoms with Crippen LogP contribution in [0, 0.1) is 5.92 Å². The number of nitrogens with one attached hydrogen (secondary N) is 1. The van der Waals surface area contributed by atoms with E-state index < -0.39 is 17.7 Å². The van der Waals surface area contributed by atoms with E-state index >= 15 is 0 Å². The Labute approximate surface area is 115 Å². The predicted molar refractivity (Wildman–Crippen MR) is 67.2 cm³/mol. The summed E-state index contributed by atoms with van der Waals surface area (Å²) in [6.07, 6.45) is -4.37. The maximum atomic E-state index is 12.7. The van der Waals surface area contributed by atoms with Gasteiger partial charge in [0, 0.05) is 19.0 Å². The van der Waals surface area contributed by atoms with Gasteiger partial charge in [-0.1, -0.05) is 18.2 Å². The summed E-state index contributed by atoms with van der Waals surface area (Å²) in [5.41, 5.74) is -0.174. The number of ether oxygens (including phenoxy) is 1. The molecule has 0 bridgehead atoms. The van der Waals surface area contributed by atoms with Gasteiger partial charge in [0.2, 0.25) is 0 Å². The van der Waals surface area contributed by atoms with Crippen molar-refractivity contribution in [3.63, 3.8) is 0 Å². The Hall–Kier alpha value is -1.56. The maximum absolute atomic E-state index is 12.7. The van der Waals surface area contributed by atoms with Crippen molar-refractivity contribution < 1.29 is 22.7 Å². The van der Waals surface area contributed by atoms with Crippen LogP contribution >= 0.6 is 0 Å². The second-order valence-electron chi connectivity index (χ2n) is 4.75. The lowest BCUT2D eigenvalue weighted by atomic mass is 9.88. The summed E-state index contributed by atoms with van der Waals surface area (Å²) in [5, 5.41) is 3.04. The van der Waals surface area contributed by atoms with E-state index in [-0.39, 0.29) is 18.5 Å². The number of hydrogen-bond acceptors (Lipinski definition) is 3. The number of carbonyl (C=O) groups is 1. The van der Waals surface area contributed by atoms with Crippen LogP contribution in [-0.4, -0.2) is 25.7 Å². The van der Waals surface area contributed by atoms with Crippen LogP contribution < -0.4 is 5.32 Å². The summed E-state index contributed by atoms with van der Waals surface area (Å²) >= 11 is 0. The van der Waals surface area contributed by atoms with Crippen LogP contribution in [0.5, 0.6) is 0 Å². The molecule has 0 aliphatic carbocycles. The van der Waals surface area contributed by atoms with E-state index in [1.54, 1.807) is 13.0 Å². The average Bonchev–Trinajstić information content (AvgIpc) is 2.87. The van der Waals surface area contributed by atoms with Gasteiger partial charge in [-0.3, -0.25) is 4.79 Å². The lowest BCUT2D eigenvalue weighted by Gasteiger charge is -2.18. The fourth-order valence-corrected chi connectivity index (χ4v) is 2.47. The normalized spacial score (nSPS) is 22.8. The van der Waals surface area contributed by atoms with Crippen LogP contribution in [0.25, 0.3) is 0 Å². The minimum Gasteiger partial charge on any atom is -0.466 e. The lowest BCUT2D eigenvalue weighted by molar-refractivity contribution is -0.147. The molecule has 1 heterocycles. The highest BCUT2D eigenvalue weighted by Gasteiger charge is 2.37. The molecular formula is C14H16F3NO2. The summed E-state index contributed by atoms with van der Waals surface area (Å²) in [6.45, 7) is 2.88. The van der Waals surface area contributed by atoms with E-state index in [1.165, 1.54) is 6.07 Å². The van der Waals surface area contributed by atoms with Crippen molar-refractivity contribution in [1.29, 1.82) is 0 Å². The number of halogens is 3. The van der Waals surface area contributed by atoms with Crippen molar-refractivity contribution >= 4 is 5.97 Å². The largest absolute Gasteiger partial charge is 0.466 e. The summed E-state index contributed by atoms with van der Waals surface area (Å²) in [5.74, 6) is -1.07. The molecule has 1 saturated heterocycles. The second-order valence-corrected chi connectivity index (χ2v) is 4.75. The molecule has 1 aliphatic heterocycles. The number of alkyl halides is 3. The lowest BCUT2D eigenvalue weighted by Crippen LogP contribution is -2.24. The molecule has 0 amide bonds. The van der Waals surface area contributed by atoms with Crippen LogP contribution in [-0.2, 0) is 15.7 Å². The van der Waals surface area contributed by atoms with Gasteiger partial charge < -0.3 is 10.1 Å². The van der Waals surface area contributed by atoms with E-state index in [2.05, 4.69) is 5.32 Å². The van der Waals surface area contributed by atoms with Gasteiger partial charge in [-0.2, -0.15) is 13.2 Å². The molecule has 1 aliphatic rings. The molecule has 3 nitrogen and oxygen atoms in total. The molecule has 110 valence electrons. The fourth-order valence-electron chi connectivity index (χ4n) is 2.47. The smallest absolute Gasteiger partial charge is 0.416 e. The van der Waals surface area contributed by atoms with Crippen molar-refractivity contribution in [2.24, 2.45) is 5.92 Å². The Morgan fingerprint density at radius 2 is 2.15 bits per heavy atom. The summed E-state index contributed by atoms with van der Waals surface area (Å²) in [6, 6.07) is 5.15. The van der Waals surface area contributed by atoms with Crippen molar-refractivity contribution in [2.45, 2.75) is 19.0 Å². The molecule has 20 heavy (non-hydrogen) atoms. The monoisotopic (exact) mass is 287 g/mol. The van der Waals surface area contributed by atoms with Crippen molar-refractivity contribution in [1.82, 2.24) is 5.32 Å². The summed E-state index contributed by atoms with van der Waals surface area (Å²) < 4.78 is 43.1. The third-order valence-corrected chi connectivity index (χ3v) is 3.45. The molecule has 6 heteroatoms. The highest BCUT2D eigenvalue weighted by Crippen LogP contribution is 2.34. The van der Waals surface area contributed by atoms with E-state index in [1.807, 2.05) is 0 Å². The summed E-state index contributed by atoms with van der Waals surface area (Å²) in [7, 11) is 0. The van der Waals surface area contributed by atoms with Gasteiger partial charge in [0.15, 0.2) is 0 Å². The Balaban J connectivity index is 2.24. The zero-order chi connectivity index (χ0) is 14.8. The Kier molecular flexibility index (Phi) is 4.32. The molecule has 1 N–H and O–H groups in total. The van der Waals surface area contributed by atoms with Crippen LogP contribution in [0.4, 0.5) is 13.2 Å². The minimum absolute atomic E-state index is 0.268. The Bertz CT molecular complexity index is 488. The predicted octanol–water partition coefficient (Wildman–Crippen LogP) is 2.57. The first kappa shape index (κ1) is 14.8. The number of benzene rings is 1. The van der Waals surface area contributed by atoms with Gasteiger partial charge in [0.25, 0.3) is 0 Å².